The molecule has 6 nitrogen and oxygen atoms in total. The fraction of sp³-hybridized carbons (Fsp3) is 0.929. The number of thioether (sulfide) groups is 1. The van der Waals surface area contributed by atoms with E-state index in [2.05, 4.69) is 0 Å². The summed E-state index contributed by atoms with van der Waals surface area (Å²) in [5, 5.41) is 0. The van der Waals surface area contributed by atoms with Crippen molar-refractivity contribution in [2.24, 2.45) is 0 Å². The predicted molar refractivity (Wildman–Crippen MR) is 84.6 cm³/mol. The lowest BCUT2D eigenvalue weighted by molar-refractivity contribution is -0.230. The van der Waals surface area contributed by atoms with Crippen LogP contribution in [0.5, 0.6) is 0 Å². The van der Waals surface area contributed by atoms with Crippen LogP contribution in [-0.4, -0.2) is 59.5 Å². The largest absolute Gasteiger partial charge is 0.469 e. The molecular weight excluding hydrogens is 328 g/mol. The smallest absolute Gasteiger partial charge is 0.220 e. The third kappa shape index (κ3) is 3.28. The maximum atomic E-state index is 6.01. The predicted octanol–water partition coefficient (Wildman–Crippen LogP) is 2.05. The van der Waals surface area contributed by atoms with E-state index < -0.39 is 17.9 Å². The highest BCUT2D eigenvalue weighted by atomic mass is 32.2. The van der Waals surface area contributed by atoms with E-state index in [9.17, 15) is 0 Å². The maximum absolute atomic E-state index is 6.01. The molecular formula is C14H22O6S2. The van der Waals surface area contributed by atoms with Gasteiger partial charge in [0.2, 0.25) is 4.38 Å². The molecule has 0 aliphatic carbocycles. The van der Waals surface area contributed by atoms with E-state index in [-0.39, 0.29) is 24.4 Å². The van der Waals surface area contributed by atoms with Crippen molar-refractivity contribution in [1.82, 2.24) is 0 Å². The molecule has 3 aliphatic rings. The van der Waals surface area contributed by atoms with Crippen LogP contribution in [0.15, 0.2) is 0 Å². The molecule has 3 aliphatic heterocycles. The van der Waals surface area contributed by atoms with Crippen LogP contribution < -0.4 is 0 Å². The molecule has 0 amide bonds. The summed E-state index contributed by atoms with van der Waals surface area (Å²) in [4.78, 5) is 0. The van der Waals surface area contributed by atoms with Gasteiger partial charge in [0.15, 0.2) is 30.1 Å². The number of hydrogen-bond acceptors (Lipinski definition) is 8. The van der Waals surface area contributed by atoms with E-state index in [1.165, 1.54) is 11.8 Å². The molecule has 5 atom stereocenters. The van der Waals surface area contributed by atoms with E-state index in [1.807, 2.05) is 34.0 Å². The van der Waals surface area contributed by atoms with Crippen LogP contribution in [0, 0.1) is 0 Å². The van der Waals surface area contributed by atoms with Gasteiger partial charge in [0, 0.05) is 0 Å². The van der Waals surface area contributed by atoms with Crippen LogP contribution in [0.3, 0.4) is 0 Å². The molecule has 3 fully saturated rings. The minimum absolute atomic E-state index is 0.245. The van der Waals surface area contributed by atoms with Gasteiger partial charge in [-0.05, 0) is 46.2 Å². The Morgan fingerprint density at radius 3 is 2.41 bits per heavy atom. The first-order valence-electron chi connectivity index (χ1n) is 7.28. The molecule has 8 heteroatoms. The van der Waals surface area contributed by atoms with Crippen molar-refractivity contribution in [2.75, 3.05) is 12.9 Å². The number of fused-ring (bicyclic) bond motifs is 1. The highest BCUT2D eigenvalue weighted by molar-refractivity contribution is 8.22. The lowest BCUT2D eigenvalue weighted by atomic mass is 10.1. The van der Waals surface area contributed by atoms with Crippen LogP contribution in [0.2, 0.25) is 0 Å². The second-order valence-electron chi connectivity index (χ2n) is 6.47. The summed E-state index contributed by atoms with van der Waals surface area (Å²) in [6.45, 7) is 7.90. The number of rotatable bonds is 2. The standard InChI is InChI=1S/C14H22O6S2/c1-13(2)15-6-7(18-13)8-9(17-12(21)22-5)10-11(16-8)20-14(3,4)19-10/h7-11H,6H2,1-5H3/t7?,8-,9+,10-,11-/m1/s1. The maximum Gasteiger partial charge on any atom is 0.220 e. The van der Waals surface area contributed by atoms with Gasteiger partial charge in [-0.1, -0.05) is 11.8 Å². The minimum atomic E-state index is -0.699. The Balaban J connectivity index is 1.76. The van der Waals surface area contributed by atoms with E-state index in [4.69, 9.17) is 40.6 Å². The van der Waals surface area contributed by atoms with Gasteiger partial charge in [0.1, 0.15) is 12.2 Å². The summed E-state index contributed by atoms with van der Waals surface area (Å²) in [5.41, 5.74) is 0. The molecule has 3 rings (SSSR count). The molecule has 1 unspecified atom stereocenters. The van der Waals surface area contributed by atoms with Gasteiger partial charge >= 0.3 is 0 Å². The van der Waals surface area contributed by atoms with Crippen molar-refractivity contribution in [3.8, 4) is 0 Å². The highest BCUT2D eigenvalue weighted by Gasteiger charge is 2.59. The van der Waals surface area contributed by atoms with Crippen molar-refractivity contribution in [2.45, 2.75) is 70.0 Å². The quantitative estimate of drug-likeness (QED) is 0.702. The lowest BCUT2D eigenvalue weighted by Crippen LogP contribution is -2.44. The van der Waals surface area contributed by atoms with Gasteiger partial charge in [-0.15, -0.1) is 0 Å². The van der Waals surface area contributed by atoms with Crippen LogP contribution in [0.4, 0.5) is 0 Å². The fourth-order valence-corrected chi connectivity index (χ4v) is 3.29. The average Bonchev–Trinajstić information content (AvgIpc) is 3.01. The zero-order valence-electron chi connectivity index (χ0n) is 13.4. The Morgan fingerprint density at radius 1 is 1.09 bits per heavy atom. The van der Waals surface area contributed by atoms with Crippen LogP contribution >= 0.6 is 24.0 Å². The van der Waals surface area contributed by atoms with Crippen molar-refractivity contribution >= 4 is 28.4 Å². The average molecular weight is 350 g/mol. The second kappa shape index (κ2) is 5.84. The van der Waals surface area contributed by atoms with Gasteiger partial charge < -0.3 is 28.4 Å². The van der Waals surface area contributed by atoms with Crippen LogP contribution in [0.1, 0.15) is 27.7 Å². The normalized spacial score (nSPS) is 42.3. The van der Waals surface area contributed by atoms with Gasteiger partial charge in [-0.3, -0.25) is 0 Å². The second-order valence-corrected chi connectivity index (χ2v) is 7.88. The summed E-state index contributed by atoms with van der Waals surface area (Å²) in [5.74, 6) is -1.33. The highest BCUT2D eigenvalue weighted by Crippen LogP contribution is 2.42. The summed E-state index contributed by atoms with van der Waals surface area (Å²) >= 11 is 6.57. The molecule has 0 aromatic heterocycles. The third-order valence-corrected chi connectivity index (χ3v) is 4.85. The van der Waals surface area contributed by atoms with Gasteiger partial charge in [-0.25, -0.2) is 0 Å². The minimum Gasteiger partial charge on any atom is -0.469 e. The Bertz CT molecular complexity index is 455. The summed E-state index contributed by atoms with van der Waals surface area (Å²) < 4.78 is 35.6. The lowest BCUT2D eigenvalue weighted by Gasteiger charge is -2.29. The SMILES string of the molecule is CSC(=S)O[C@@H]1[C@H]2OC(C)(C)O[C@H]2O[C@@H]1C1COC(C)(C)O1. The van der Waals surface area contributed by atoms with Gasteiger partial charge in [0.05, 0.1) is 6.61 Å². The van der Waals surface area contributed by atoms with Crippen molar-refractivity contribution in [3.05, 3.63) is 0 Å². The van der Waals surface area contributed by atoms with Crippen molar-refractivity contribution in [1.29, 1.82) is 0 Å². The van der Waals surface area contributed by atoms with Crippen molar-refractivity contribution < 1.29 is 28.4 Å². The van der Waals surface area contributed by atoms with Gasteiger partial charge in [0.25, 0.3) is 0 Å². The van der Waals surface area contributed by atoms with E-state index in [0.717, 1.165) is 0 Å². The van der Waals surface area contributed by atoms with E-state index in [1.54, 1.807) is 0 Å². The summed E-state index contributed by atoms with van der Waals surface area (Å²) in [7, 11) is 0. The molecule has 0 N–H and O–H groups in total. The molecule has 0 spiro atoms. The molecule has 3 saturated heterocycles. The number of thiocarbonyl (C=S) groups is 1. The first kappa shape index (κ1) is 16.9. The molecule has 0 saturated carbocycles. The molecule has 126 valence electrons. The number of hydrogen-bond donors (Lipinski definition) is 0. The topological polar surface area (TPSA) is 55.4 Å². The van der Waals surface area contributed by atoms with Gasteiger partial charge in [-0.2, -0.15) is 0 Å². The summed E-state index contributed by atoms with van der Waals surface area (Å²) in [6.07, 6.45) is 0.0796. The number of ether oxygens (including phenoxy) is 6. The fourth-order valence-electron chi connectivity index (χ4n) is 2.97. The Hall–Kier alpha value is 0.0400. The first-order chi connectivity index (χ1) is 10.2. The molecule has 22 heavy (non-hydrogen) atoms. The zero-order valence-corrected chi connectivity index (χ0v) is 15.0. The molecule has 0 bridgehead atoms. The zero-order chi connectivity index (χ0) is 16.1. The van der Waals surface area contributed by atoms with E-state index >= 15 is 0 Å². The van der Waals surface area contributed by atoms with Crippen LogP contribution in [-0.2, 0) is 28.4 Å². The summed E-state index contributed by atoms with van der Waals surface area (Å²) in [6, 6.07) is 0. The third-order valence-electron chi connectivity index (χ3n) is 3.82. The van der Waals surface area contributed by atoms with E-state index in [0.29, 0.717) is 11.0 Å². The molecule has 0 radical (unpaired) electrons. The first-order valence-corrected chi connectivity index (χ1v) is 8.91. The van der Waals surface area contributed by atoms with Crippen molar-refractivity contribution in [3.63, 3.8) is 0 Å². The Kier molecular flexibility index (Phi) is 4.48. The Labute approximate surface area is 140 Å². The molecule has 3 heterocycles. The Morgan fingerprint density at radius 2 is 1.82 bits per heavy atom. The molecule has 0 aromatic rings. The monoisotopic (exact) mass is 350 g/mol. The molecule has 0 aromatic carbocycles. The van der Waals surface area contributed by atoms with Crippen LogP contribution in [0.25, 0.3) is 0 Å².